The Labute approximate surface area is 130 Å². The molecule has 0 saturated carbocycles. The van der Waals surface area contributed by atoms with Crippen molar-refractivity contribution in [1.82, 2.24) is 0 Å². The Morgan fingerprint density at radius 3 is 1.32 bits per heavy atom. The van der Waals surface area contributed by atoms with Crippen LogP contribution < -0.4 is 5.71 Å². The van der Waals surface area contributed by atoms with Crippen molar-refractivity contribution in [2.75, 3.05) is 0 Å². The normalized spacial score (nSPS) is 11.2. The van der Waals surface area contributed by atoms with Crippen LogP contribution in [0.15, 0.2) is 48.5 Å². The van der Waals surface area contributed by atoms with Crippen molar-refractivity contribution in [2.45, 2.75) is 13.8 Å². The first-order valence-electron chi connectivity index (χ1n) is 5.84. The summed E-state index contributed by atoms with van der Waals surface area (Å²) in [5.41, 5.74) is 2.41. The van der Waals surface area contributed by atoms with Crippen LogP contribution >= 0.6 is 24.6 Å². The number of halogens is 2. The number of hydrogen-bond donors (Lipinski definition) is 0. The van der Waals surface area contributed by atoms with E-state index in [9.17, 15) is 0 Å². The molecule has 2 nitrogen and oxygen atoms in total. The van der Waals surface area contributed by atoms with Crippen LogP contribution in [0.3, 0.4) is 0 Å². The fourth-order valence-electron chi connectivity index (χ4n) is 1.51. The molecule has 0 amide bonds. The summed E-state index contributed by atoms with van der Waals surface area (Å²) in [6.45, 7) is 4.10. The van der Waals surface area contributed by atoms with E-state index in [-0.39, 0.29) is 0 Å². The van der Waals surface area contributed by atoms with Gasteiger partial charge >= 0.3 is 131 Å². The summed E-state index contributed by atoms with van der Waals surface area (Å²) < 4.78 is 11.8. The summed E-state index contributed by atoms with van der Waals surface area (Å²) in [6, 6.07) is 15.9. The first kappa shape index (κ1) is 15.3. The standard InChI is InChI=1S/2C7H8O.2BrH.Hf/c2*1-6-2-4-7(8)5-3-6;;;/h2*2-5,8H,1H3;2*1H;/q;;;;+4/p-4. The summed E-state index contributed by atoms with van der Waals surface area (Å²) in [5, 5.41) is 0. The van der Waals surface area contributed by atoms with Crippen molar-refractivity contribution in [3.63, 3.8) is 0 Å². The zero-order chi connectivity index (χ0) is 13.9. The zero-order valence-corrected chi connectivity index (χ0v) is 17.5. The molecule has 0 saturated heterocycles. The fraction of sp³-hybridized carbons (Fsp3) is 0.143. The van der Waals surface area contributed by atoms with E-state index in [2.05, 4.69) is 24.6 Å². The molecule has 0 aliphatic heterocycles. The van der Waals surface area contributed by atoms with Crippen molar-refractivity contribution in [2.24, 2.45) is 0 Å². The van der Waals surface area contributed by atoms with Gasteiger partial charge in [0.05, 0.1) is 0 Å². The molecule has 0 aliphatic rings. The molecule has 0 atom stereocenters. The Bertz CT molecular complexity index is 489. The average molecular weight is 553 g/mol. The molecule has 100 valence electrons. The SMILES string of the molecule is Cc1ccc([O][Hf]([Br])([Br])[O]c2ccc(C)cc2)cc1. The van der Waals surface area contributed by atoms with Gasteiger partial charge < -0.3 is 0 Å². The van der Waals surface area contributed by atoms with Gasteiger partial charge in [-0.05, 0) is 0 Å². The molecule has 0 N–H and O–H groups in total. The maximum atomic E-state index is 5.92. The van der Waals surface area contributed by atoms with E-state index in [1.165, 1.54) is 11.1 Å². The Hall–Kier alpha value is -0.130. The third kappa shape index (κ3) is 5.04. The average Bonchev–Trinajstić information content (AvgIpc) is 2.34. The topological polar surface area (TPSA) is 18.5 Å². The number of hydrogen-bond acceptors (Lipinski definition) is 2. The monoisotopic (exact) mass is 552 g/mol. The van der Waals surface area contributed by atoms with Crippen LogP contribution in [-0.4, -0.2) is 0 Å². The molecule has 19 heavy (non-hydrogen) atoms. The molecule has 0 aliphatic carbocycles. The molecule has 0 bridgehead atoms. The Kier molecular flexibility index (Phi) is 5.26. The zero-order valence-electron chi connectivity index (χ0n) is 10.7. The van der Waals surface area contributed by atoms with E-state index in [0.29, 0.717) is 0 Å². The van der Waals surface area contributed by atoms with Crippen molar-refractivity contribution < 1.29 is 21.9 Å². The molecular formula is C14H14Br2HfO2. The van der Waals surface area contributed by atoms with Crippen LogP contribution in [0.1, 0.15) is 11.1 Å². The quantitative estimate of drug-likeness (QED) is 0.476. The molecule has 2 rings (SSSR count). The maximum absolute atomic E-state index is 5.92. The van der Waals surface area contributed by atoms with Crippen LogP contribution in [0.5, 0.6) is 11.5 Å². The molecule has 0 fully saturated rings. The molecule has 2 aromatic rings. The van der Waals surface area contributed by atoms with Crippen molar-refractivity contribution >= 4 is 24.6 Å². The summed E-state index contributed by atoms with van der Waals surface area (Å²) in [5.74, 6) is 1.63. The summed E-state index contributed by atoms with van der Waals surface area (Å²) in [4.78, 5) is 0. The molecule has 2 aromatic carbocycles. The second-order valence-electron chi connectivity index (χ2n) is 4.29. The third-order valence-electron chi connectivity index (χ3n) is 2.52. The van der Waals surface area contributed by atoms with Gasteiger partial charge in [-0.15, -0.1) is 0 Å². The van der Waals surface area contributed by atoms with Gasteiger partial charge in [0.25, 0.3) is 0 Å². The minimum absolute atomic E-state index is 0.813. The molecule has 0 aromatic heterocycles. The van der Waals surface area contributed by atoms with Gasteiger partial charge in [-0.2, -0.15) is 0 Å². The number of aryl methyl sites for hydroxylation is 2. The predicted octanol–water partition coefficient (Wildman–Crippen LogP) is 5.36. The van der Waals surface area contributed by atoms with Crippen LogP contribution in [0.25, 0.3) is 0 Å². The third-order valence-corrected chi connectivity index (χ3v) is 11.2. The van der Waals surface area contributed by atoms with Gasteiger partial charge in [0.15, 0.2) is 0 Å². The predicted molar refractivity (Wildman–Crippen MR) is 81.5 cm³/mol. The molecule has 0 radical (unpaired) electrons. The van der Waals surface area contributed by atoms with Crippen LogP contribution in [-0.2, 0) is 16.2 Å². The number of rotatable bonds is 4. The van der Waals surface area contributed by atoms with Gasteiger partial charge in [-0.1, -0.05) is 0 Å². The van der Waals surface area contributed by atoms with Gasteiger partial charge in [-0.3, -0.25) is 0 Å². The van der Waals surface area contributed by atoms with Crippen molar-refractivity contribution in [3.05, 3.63) is 59.7 Å². The van der Waals surface area contributed by atoms with E-state index in [1.807, 2.05) is 62.4 Å². The summed E-state index contributed by atoms with van der Waals surface area (Å²) in [7, 11) is 0. The van der Waals surface area contributed by atoms with Gasteiger partial charge in [0, 0.05) is 0 Å². The van der Waals surface area contributed by atoms with Crippen LogP contribution in [0.2, 0.25) is 0 Å². The van der Waals surface area contributed by atoms with Gasteiger partial charge in [0.2, 0.25) is 0 Å². The van der Waals surface area contributed by atoms with E-state index in [4.69, 9.17) is 5.71 Å². The molecule has 0 spiro atoms. The molecule has 5 heteroatoms. The summed E-state index contributed by atoms with van der Waals surface area (Å²) in [6.07, 6.45) is 0. The van der Waals surface area contributed by atoms with Crippen LogP contribution in [0.4, 0.5) is 0 Å². The van der Waals surface area contributed by atoms with Crippen molar-refractivity contribution in [3.8, 4) is 11.5 Å². The molecular weight excluding hydrogens is 538 g/mol. The van der Waals surface area contributed by atoms with Crippen molar-refractivity contribution in [1.29, 1.82) is 0 Å². The first-order valence-corrected chi connectivity index (χ1v) is 24.5. The van der Waals surface area contributed by atoms with E-state index < -0.39 is 16.2 Å². The Morgan fingerprint density at radius 2 is 1.00 bits per heavy atom. The van der Waals surface area contributed by atoms with Crippen LogP contribution in [0, 0.1) is 13.8 Å². The molecule has 0 unspecified atom stereocenters. The Morgan fingerprint density at radius 1 is 0.684 bits per heavy atom. The van der Waals surface area contributed by atoms with E-state index >= 15 is 0 Å². The molecule has 0 heterocycles. The summed E-state index contributed by atoms with van der Waals surface area (Å²) >= 11 is 3.67. The first-order chi connectivity index (χ1) is 8.94. The Balaban J connectivity index is 2.05. The van der Waals surface area contributed by atoms with Gasteiger partial charge in [-0.25, -0.2) is 0 Å². The second kappa shape index (κ2) is 6.55. The van der Waals surface area contributed by atoms with E-state index in [0.717, 1.165) is 11.5 Å². The number of benzene rings is 2. The van der Waals surface area contributed by atoms with E-state index in [1.54, 1.807) is 0 Å². The van der Waals surface area contributed by atoms with Gasteiger partial charge in [0.1, 0.15) is 0 Å². The minimum atomic E-state index is -3.50. The fourth-order valence-corrected chi connectivity index (χ4v) is 10.7. The second-order valence-corrected chi connectivity index (χ2v) is 34.9.